The second kappa shape index (κ2) is 9.23. The van der Waals surface area contributed by atoms with Gasteiger partial charge in [-0.3, -0.25) is 4.79 Å². The molecule has 0 radical (unpaired) electrons. The second-order valence-electron chi connectivity index (χ2n) is 2.22. The zero-order valence-corrected chi connectivity index (χ0v) is 9.72. The van der Waals surface area contributed by atoms with Gasteiger partial charge in [0.15, 0.2) is 0 Å². The van der Waals surface area contributed by atoms with Crippen molar-refractivity contribution in [3.63, 3.8) is 0 Å². The van der Waals surface area contributed by atoms with Gasteiger partial charge in [0, 0.05) is 20.0 Å². The molecule has 0 aromatic carbocycles. The van der Waals surface area contributed by atoms with Crippen molar-refractivity contribution < 1.29 is 4.79 Å². The maximum absolute atomic E-state index is 10.6. The SMILES string of the molecule is CC.CC.CC1=NC(=O)CCN1C. The largest absolute Gasteiger partial charge is 0.363 e. The van der Waals surface area contributed by atoms with Crippen LogP contribution in [0.3, 0.4) is 0 Å². The van der Waals surface area contributed by atoms with E-state index in [9.17, 15) is 4.79 Å². The lowest BCUT2D eigenvalue weighted by Gasteiger charge is -2.20. The summed E-state index contributed by atoms with van der Waals surface area (Å²) in [4.78, 5) is 16.3. The van der Waals surface area contributed by atoms with Crippen molar-refractivity contribution in [3.05, 3.63) is 0 Å². The van der Waals surface area contributed by atoms with E-state index in [0.29, 0.717) is 6.42 Å². The standard InChI is InChI=1S/C6H10N2O.2C2H6/c1-5-7-6(9)3-4-8(5)2;2*1-2/h3-4H2,1-2H3;2*1-2H3. The van der Waals surface area contributed by atoms with E-state index in [-0.39, 0.29) is 5.91 Å². The fourth-order valence-electron chi connectivity index (χ4n) is 0.747. The first kappa shape index (κ1) is 14.7. The molecule has 0 fully saturated rings. The molecule has 13 heavy (non-hydrogen) atoms. The molecule has 0 N–H and O–H groups in total. The van der Waals surface area contributed by atoms with Gasteiger partial charge in [-0.1, -0.05) is 27.7 Å². The van der Waals surface area contributed by atoms with Gasteiger partial charge >= 0.3 is 0 Å². The summed E-state index contributed by atoms with van der Waals surface area (Å²) in [6.45, 7) is 10.7. The monoisotopic (exact) mass is 186 g/mol. The third kappa shape index (κ3) is 6.31. The van der Waals surface area contributed by atoms with Crippen LogP contribution in [0.25, 0.3) is 0 Å². The van der Waals surface area contributed by atoms with E-state index >= 15 is 0 Å². The molecule has 78 valence electrons. The zero-order chi connectivity index (χ0) is 10.9. The van der Waals surface area contributed by atoms with Crippen molar-refractivity contribution in [2.45, 2.75) is 41.0 Å². The molecule has 0 bridgehead atoms. The molecule has 0 saturated heterocycles. The van der Waals surface area contributed by atoms with Gasteiger partial charge in [0.2, 0.25) is 5.91 Å². The summed E-state index contributed by atoms with van der Waals surface area (Å²) in [5, 5.41) is 0. The Kier molecular flexibility index (Phi) is 10.4. The molecule has 3 heteroatoms. The number of carbonyl (C=O) groups excluding carboxylic acids is 1. The first-order valence-corrected chi connectivity index (χ1v) is 4.99. The molecule has 0 aromatic rings. The van der Waals surface area contributed by atoms with Crippen LogP contribution >= 0.6 is 0 Å². The minimum atomic E-state index is 0.00519. The fraction of sp³-hybridized carbons (Fsp3) is 0.800. The lowest BCUT2D eigenvalue weighted by Crippen LogP contribution is -2.31. The van der Waals surface area contributed by atoms with Crippen LogP contribution in [0.15, 0.2) is 4.99 Å². The minimum absolute atomic E-state index is 0.00519. The van der Waals surface area contributed by atoms with Gasteiger partial charge in [-0.05, 0) is 6.92 Å². The Morgan fingerprint density at radius 1 is 1.23 bits per heavy atom. The third-order valence-corrected chi connectivity index (χ3v) is 1.50. The topological polar surface area (TPSA) is 32.7 Å². The average Bonchev–Trinajstić information content (AvgIpc) is 2.18. The van der Waals surface area contributed by atoms with E-state index in [1.54, 1.807) is 0 Å². The maximum atomic E-state index is 10.6. The Bertz CT molecular complexity index is 164. The quantitative estimate of drug-likeness (QED) is 0.581. The lowest BCUT2D eigenvalue weighted by molar-refractivity contribution is -0.118. The first-order chi connectivity index (χ1) is 6.20. The molecule has 0 atom stereocenters. The highest BCUT2D eigenvalue weighted by molar-refractivity contribution is 5.95. The second-order valence-corrected chi connectivity index (χ2v) is 2.22. The van der Waals surface area contributed by atoms with Crippen LogP contribution in [-0.2, 0) is 4.79 Å². The van der Waals surface area contributed by atoms with Gasteiger partial charge in [-0.15, -0.1) is 0 Å². The molecule has 0 unspecified atom stereocenters. The van der Waals surface area contributed by atoms with Crippen molar-refractivity contribution in [1.29, 1.82) is 0 Å². The van der Waals surface area contributed by atoms with Crippen molar-refractivity contribution in [3.8, 4) is 0 Å². The van der Waals surface area contributed by atoms with Gasteiger partial charge in [0.05, 0.1) is 0 Å². The Labute approximate surface area is 81.8 Å². The summed E-state index contributed by atoms with van der Waals surface area (Å²) < 4.78 is 0. The van der Waals surface area contributed by atoms with Crippen LogP contribution in [-0.4, -0.2) is 30.2 Å². The lowest BCUT2D eigenvalue weighted by atomic mass is 10.3. The van der Waals surface area contributed by atoms with Gasteiger partial charge in [0.25, 0.3) is 0 Å². The summed E-state index contributed by atoms with van der Waals surface area (Å²) in [7, 11) is 1.94. The Morgan fingerprint density at radius 2 is 1.69 bits per heavy atom. The van der Waals surface area contributed by atoms with E-state index in [0.717, 1.165) is 12.4 Å². The van der Waals surface area contributed by atoms with Crippen LogP contribution < -0.4 is 0 Å². The Hall–Kier alpha value is -0.860. The van der Waals surface area contributed by atoms with Crippen molar-refractivity contribution >= 4 is 11.7 Å². The molecular formula is C10H22N2O. The van der Waals surface area contributed by atoms with Crippen molar-refractivity contribution in [2.24, 2.45) is 4.99 Å². The number of nitrogens with zero attached hydrogens (tertiary/aromatic N) is 2. The summed E-state index contributed by atoms with van der Waals surface area (Å²) in [5.74, 6) is 0.830. The van der Waals surface area contributed by atoms with E-state index < -0.39 is 0 Å². The minimum Gasteiger partial charge on any atom is -0.363 e. The number of carbonyl (C=O) groups is 1. The van der Waals surface area contributed by atoms with Crippen LogP contribution in [0.2, 0.25) is 0 Å². The predicted molar refractivity (Wildman–Crippen MR) is 58.1 cm³/mol. The zero-order valence-electron chi connectivity index (χ0n) is 9.72. The number of amidine groups is 1. The summed E-state index contributed by atoms with van der Waals surface area (Å²) in [6.07, 6.45) is 0.563. The van der Waals surface area contributed by atoms with E-state index in [1.807, 2.05) is 46.6 Å². The molecule has 3 nitrogen and oxygen atoms in total. The van der Waals surface area contributed by atoms with Crippen molar-refractivity contribution in [2.75, 3.05) is 13.6 Å². The third-order valence-electron chi connectivity index (χ3n) is 1.50. The summed E-state index contributed by atoms with van der Waals surface area (Å²) in [6, 6.07) is 0. The molecule has 0 aromatic heterocycles. The Balaban J connectivity index is 0. The van der Waals surface area contributed by atoms with Gasteiger partial charge in [-0.2, -0.15) is 0 Å². The molecule has 0 saturated carbocycles. The highest BCUT2D eigenvalue weighted by Crippen LogP contribution is 1.99. The number of amides is 1. The molecule has 1 aliphatic heterocycles. The number of rotatable bonds is 0. The van der Waals surface area contributed by atoms with Gasteiger partial charge < -0.3 is 4.90 Å². The Morgan fingerprint density at radius 3 is 2.00 bits per heavy atom. The molecule has 1 aliphatic rings. The molecule has 0 spiro atoms. The normalized spacial score (nSPS) is 14.8. The van der Waals surface area contributed by atoms with E-state index in [2.05, 4.69) is 4.99 Å². The highest BCUT2D eigenvalue weighted by atomic mass is 16.1. The van der Waals surface area contributed by atoms with E-state index in [4.69, 9.17) is 0 Å². The number of hydrogen-bond acceptors (Lipinski definition) is 2. The number of hydrogen-bond donors (Lipinski definition) is 0. The molecule has 1 heterocycles. The summed E-state index contributed by atoms with van der Waals surface area (Å²) >= 11 is 0. The van der Waals surface area contributed by atoms with Crippen LogP contribution in [0.1, 0.15) is 41.0 Å². The molecule has 1 rings (SSSR count). The smallest absolute Gasteiger partial charge is 0.249 e. The van der Waals surface area contributed by atoms with Gasteiger partial charge in [-0.25, -0.2) is 4.99 Å². The maximum Gasteiger partial charge on any atom is 0.249 e. The molecule has 1 amide bonds. The highest BCUT2D eigenvalue weighted by Gasteiger charge is 2.11. The molecule has 0 aliphatic carbocycles. The fourth-order valence-corrected chi connectivity index (χ4v) is 0.747. The predicted octanol–water partition coefficient (Wildman–Crippen LogP) is 2.32. The van der Waals surface area contributed by atoms with Crippen LogP contribution in [0.4, 0.5) is 0 Å². The van der Waals surface area contributed by atoms with E-state index in [1.165, 1.54) is 0 Å². The first-order valence-electron chi connectivity index (χ1n) is 4.99. The van der Waals surface area contributed by atoms with Crippen LogP contribution in [0, 0.1) is 0 Å². The average molecular weight is 186 g/mol. The summed E-state index contributed by atoms with van der Waals surface area (Å²) in [5.41, 5.74) is 0. The van der Waals surface area contributed by atoms with Crippen LogP contribution in [0.5, 0.6) is 0 Å². The molecular weight excluding hydrogens is 164 g/mol. The van der Waals surface area contributed by atoms with Crippen molar-refractivity contribution in [1.82, 2.24) is 4.90 Å². The van der Waals surface area contributed by atoms with Gasteiger partial charge in [0.1, 0.15) is 5.84 Å². The number of aliphatic imine (C=N–C) groups is 1.